The van der Waals surface area contributed by atoms with Crippen LogP contribution in [0.4, 0.5) is 0 Å². The highest BCUT2D eigenvalue weighted by Crippen LogP contribution is 2.26. The molecule has 1 aromatic rings. The molecule has 0 amide bonds. The second kappa shape index (κ2) is 5.36. The van der Waals surface area contributed by atoms with Crippen LogP contribution >= 0.6 is 23.4 Å². The Morgan fingerprint density at radius 2 is 2.47 bits per heavy atom. The Labute approximate surface area is 98.8 Å². The fourth-order valence-electron chi connectivity index (χ4n) is 0.850. The summed E-state index contributed by atoms with van der Waals surface area (Å²) in [5.41, 5.74) is -0.550. The molecule has 1 N–H and O–H groups in total. The smallest absolute Gasteiger partial charge is 0.115 e. The third-order valence-electron chi connectivity index (χ3n) is 2.02. The zero-order valence-corrected chi connectivity index (χ0v) is 10.2. The van der Waals surface area contributed by atoms with Crippen molar-refractivity contribution in [3.8, 4) is 6.07 Å². The zero-order valence-electron chi connectivity index (χ0n) is 8.62. The number of nitrogens with zero attached hydrogens (tertiary/aromatic N) is 2. The van der Waals surface area contributed by atoms with Gasteiger partial charge in [0.1, 0.15) is 10.6 Å². The molecular formula is C10H12ClN3S. The third kappa shape index (κ3) is 3.38. The highest BCUT2D eigenvalue weighted by atomic mass is 35.5. The first-order chi connectivity index (χ1) is 7.11. The molecule has 3 nitrogen and oxygen atoms in total. The molecule has 1 rings (SSSR count). The van der Waals surface area contributed by atoms with Crippen molar-refractivity contribution in [2.45, 2.75) is 17.5 Å². The molecule has 1 aromatic heterocycles. The van der Waals surface area contributed by atoms with Crippen molar-refractivity contribution in [1.29, 1.82) is 5.26 Å². The summed E-state index contributed by atoms with van der Waals surface area (Å²) in [6.07, 6.45) is 1.69. The largest absolute Gasteiger partial charge is 0.302 e. The monoisotopic (exact) mass is 241 g/mol. The lowest BCUT2D eigenvalue weighted by atomic mass is 10.1. The summed E-state index contributed by atoms with van der Waals surface area (Å²) in [6, 6.07) is 5.79. The number of nitrogens with one attached hydrogen (secondary N) is 1. The molecule has 0 saturated carbocycles. The molecule has 0 radical (unpaired) electrons. The Morgan fingerprint density at radius 1 is 1.73 bits per heavy atom. The molecule has 0 aliphatic rings. The van der Waals surface area contributed by atoms with Crippen LogP contribution in [0.5, 0.6) is 0 Å². The lowest BCUT2D eigenvalue weighted by Crippen LogP contribution is -2.40. The molecule has 0 fully saturated rings. The average Bonchev–Trinajstić information content (AvgIpc) is 2.28. The lowest BCUT2D eigenvalue weighted by Gasteiger charge is -2.19. The summed E-state index contributed by atoms with van der Waals surface area (Å²) in [5.74, 6) is 0.608. The number of pyridine rings is 1. The molecule has 1 heterocycles. The van der Waals surface area contributed by atoms with Crippen LogP contribution in [0.3, 0.4) is 0 Å². The van der Waals surface area contributed by atoms with Gasteiger partial charge in [-0.2, -0.15) is 5.26 Å². The molecule has 0 aliphatic heterocycles. The van der Waals surface area contributed by atoms with Crippen LogP contribution in [0, 0.1) is 11.3 Å². The van der Waals surface area contributed by atoms with Gasteiger partial charge in [-0.15, -0.1) is 11.8 Å². The van der Waals surface area contributed by atoms with Crippen LogP contribution < -0.4 is 5.32 Å². The molecule has 1 unspecified atom stereocenters. The Bertz CT molecular complexity index is 377. The predicted molar refractivity (Wildman–Crippen MR) is 63.0 cm³/mol. The lowest BCUT2D eigenvalue weighted by molar-refractivity contribution is 0.550. The maximum absolute atomic E-state index is 8.95. The van der Waals surface area contributed by atoms with Crippen LogP contribution in [0.25, 0.3) is 0 Å². The molecule has 1 atom stereocenters. The van der Waals surface area contributed by atoms with Gasteiger partial charge in [-0.25, -0.2) is 4.98 Å². The standard InChI is InChI=1S/C10H12ClN3S/c1-10(6-12,13-2)7-15-9-8(11)4-3-5-14-9/h3-5,13H,7H2,1-2H3. The van der Waals surface area contributed by atoms with Gasteiger partial charge in [0, 0.05) is 11.9 Å². The zero-order chi connectivity index (χ0) is 11.3. The van der Waals surface area contributed by atoms with Gasteiger partial charge in [0.2, 0.25) is 0 Å². The average molecular weight is 242 g/mol. The first-order valence-electron chi connectivity index (χ1n) is 4.45. The van der Waals surface area contributed by atoms with E-state index < -0.39 is 5.54 Å². The van der Waals surface area contributed by atoms with Crippen LogP contribution in [0.2, 0.25) is 5.02 Å². The van der Waals surface area contributed by atoms with Crippen LogP contribution in [-0.4, -0.2) is 23.3 Å². The molecular weight excluding hydrogens is 230 g/mol. The summed E-state index contributed by atoms with van der Waals surface area (Å²) < 4.78 is 0. The Balaban J connectivity index is 2.66. The molecule has 0 aromatic carbocycles. The van der Waals surface area contributed by atoms with Crippen molar-refractivity contribution in [2.75, 3.05) is 12.8 Å². The fraction of sp³-hybridized carbons (Fsp3) is 0.400. The van der Waals surface area contributed by atoms with Gasteiger partial charge in [0.05, 0.1) is 11.1 Å². The second-order valence-corrected chi connectivity index (χ2v) is 4.64. The van der Waals surface area contributed by atoms with E-state index >= 15 is 0 Å². The molecule has 0 bridgehead atoms. The van der Waals surface area contributed by atoms with Crippen molar-refractivity contribution >= 4 is 23.4 Å². The minimum atomic E-state index is -0.550. The van der Waals surface area contributed by atoms with E-state index in [1.165, 1.54) is 11.8 Å². The first kappa shape index (κ1) is 12.3. The molecule has 0 aliphatic carbocycles. The Kier molecular flexibility index (Phi) is 4.40. The highest BCUT2D eigenvalue weighted by molar-refractivity contribution is 7.99. The summed E-state index contributed by atoms with van der Waals surface area (Å²) >= 11 is 7.43. The van der Waals surface area contributed by atoms with E-state index in [9.17, 15) is 0 Å². The van der Waals surface area contributed by atoms with Crippen LogP contribution in [0.15, 0.2) is 23.4 Å². The maximum Gasteiger partial charge on any atom is 0.115 e. The maximum atomic E-state index is 8.95. The van der Waals surface area contributed by atoms with E-state index in [4.69, 9.17) is 16.9 Å². The topological polar surface area (TPSA) is 48.7 Å². The minimum absolute atomic E-state index is 0.550. The van der Waals surface area contributed by atoms with E-state index in [-0.39, 0.29) is 0 Å². The fourth-order valence-corrected chi connectivity index (χ4v) is 2.11. The quantitative estimate of drug-likeness (QED) is 0.822. The van der Waals surface area contributed by atoms with Crippen molar-refractivity contribution in [1.82, 2.24) is 10.3 Å². The van der Waals surface area contributed by atoms with Crippen molar-refractivity contribution in [3.63, 3.8) is 0 Å². The van der Waals surface area contributed by atoms with Gasteiger partial charge in [0.25, 0.3) is 0 Å². The number of halogens is 1. The van der Waals surface area contributed by atoms with E-state index in [0.29, 0.717) is 10.8 Å². The Morgan fingerprint density at radius 3 is 3.00 bits per heavy atom. The van der Waals surface area contributed by atoms with E-state index in [1.807, 2.05) is 6.92 Å². The SMILES string of the molecule is CNC(C)(C#N)CSc1ncccc1Cl. The van der Waals surface area contributed by atoms with Crippen molar-refractivity contribution in [3.05, 3.63) is 23.4 Å². The summed E-state index contributed by atoms with van der Waals surface area (Å²) in [7, 11) is 1.77. The van der Waals surface area contributed by atoms with Crippen molar-refractivity contribution in [2.24, 2.45) is 0 Å². The Hall–Kier alpha value is -0.760. The number of thioether (sulfide) groups is 1. The van der Waals surface area contributed by atoms with E-state index in [2.05, 4.69) is 16.4 Å². The number of rotatable bonds is 4. The summed E-state index contributed by atoms with van der Waals surface area (Å²) in [5, 5.41) is 13.3. The number of hydrogen-bond donors (Lipinski definition) is 1. The van der Waals surface area contributed by atoms with Gasteiger partial charge >= 0.3 is 0 Å². The minimum Gasteiger partial charge on any atom is -0.302 e. The van der Waals surface area contributed by atoms with Crippen LogP contribution in [-0.2, 0) is 0 Å². The normalized spacial score (nSPS) is 14.3. The second-order valence-electron chi connectivity index (χ2n) is 3.27. The molecule has 0 spiro atoms. The number of hydrogen-bond acceptors (Lipinski definition) is 4. The van der Waals surface area contributed by atoms with Gasteiger partial charge in [0.15, 0.2) is 0 Å². The highest BCUT2D eigenvalue weighted by Gasteiger charge is 2.21. The van der Waals surface area contributed by atoms with E-state index in [1.54, 1.807) is 25.4 Å². The van der Waals surface area contributed by atoms with Gasteiger partial charge < -0.3 is 5.32 Å². The van der Waals surface area contributed by atoms with Crippen LogP contribution in [0.1, 0.15) is 6.92 Å². The predicted octanol–water partition coefficient (Wildman–Crippen LogP) is 2.33. The number of nitriles is 1. The third-order valence-corrected chi connectivity index (χ3v) is 3.76. The number of aromatic nitrogens is 1. The molecule has 15 heavy (non-hydrogen) atoms. The summed E-state index contributed by atoms with van der Waals surface area (Å²) in [4.78, 5) is 4.14. The molecule has 0 saturated heterocycles. The van der Waals surface area contributed by atoms with Crippen molar-refractivity contribution < 1.29 is 0 Å². The van der Waals surface area contributed by atoms with Gasteiger partial charge in [-0.3, -0.25) is 0 Å². The van der Waals surface area contributed by atoms with E-state index in [0.717, 1.165) is 5.03 Å². The molecule has 80 valence electrons. The van der Waals surface area contributed by atoms with Gasteiger partial charge in [-0.1, -0.05) is 11.6 Å². The molecule has 5 heteroatoms. The summed E-state index contributed by atoms with van der Waals surface area (Å²) in [6.45, 7) is 1.84. The first-order valence-corrected chi connectivity index (χ1v) is 5.81. The van der Waals surface area contributed by atoms with Gasteiger partial charge in [-0.05, 0) is 26.1 Å².